The van der Waals surface area contributed by atoms with E-state index in [0.29, 0.717) is 5.92 Å². The van der Waals surface area contributed by atoms with E-state index in [1.165, 1.54) is 0 Å². The van der Waals surface area contributed by atoms with Crippen molar-refractivity contribution >= 4 is 28.6 Å². The Balaban J connectivity index is 1.58. The van der Waals surface area contributed by atoms with Crippen molar-refractivity contribution < 1.29 is 4.79 Å². The van der Waals surface area contributed by atoms with Gasteiger partial charge in [0.15, 0.2) is 5.96 Å². The fourth-order valence-electron chi connectivity index (χ4n) is 4.02. The first kappa shape index (κ1) is 18.2. The largest absolute Gasteiger partial charge is 0.370 e. The summed E-state index contributed by atoms with van der Waals surface area (Å²) in [6.45, 7) is 2.14. The molecule has 0 radical (unpaired) electrons. The van der Waals surface area contributed by atoms with Crippen molar-refractivity contribution in [1.82, 2.24) is 15.3 Å². The van der Waals surface area contributed by atoms with E-state index in [1.807, 2.05) is 18.3 Å². The number of aromatic nitrogens is 2. The molecular formula is C19H28N6O. The lowest BCUT2D eigenvalue weighted by Gasteiger charge is -2.34. The van der Waals surface area contributed by atoms with Gasteiger partial charge in [0, 0.05) is 29.7 Å². The second kappa shape index (κ2) is 8.21. The van der Waals surface area contributed by atoms with Crippen molar-refractivity contribution in [2.45, 2.75) is 51.5 Å². The van der Waals surface area contributed by atoms with Crippen LogP contribution in [-0.4, -0.2) is 27.9 Å². The first-order valence-corrected chi connectivity index (χ1v) is 9.42. The summed E-state index contributed by atoms with van der Waals surface area (Å²) in [6.07, 6.45) is 9.30. The number of nitrogens with zero attached hydrogens (tertiary/aromatic N) is 1. The van der Waals surface area contributed by atoms with Crippen LogP contribution in [0.3, 0.4) is 0 Å². The molecule has 7 nitrogen and oxygen atoms in total. The van der Waals surface area contributed by atoms with Crippen molar-refractivity contribution in [1.29, 1.82) is 5.41 Å². The van der Waals surface area contributed by atoms with E-state index in [1.54, 1.807) is 6.20 Å². The van der Waals surface area contributed by atoms with Crippen LogP contribution in [0.25, 0.3) is 11.0 Å². The van der Waals surface area contributed by atoms with E-state index in [4.69, 9.17) is 11.1 Å². The number of carbonyl (C=O) groups excluding carboxylic acids is 1. The molecule has 1 saturated carbocycles. The van der Waals surface area contributed by atoms with Gasteiger partial charge in [-0.25, -0.2) is 4.98 Å². The van der Waals surface area contributed by atoms with Gasteiger partial charge in [0.2, 0.25) is 5.91 Å². The number of aromatic amines is 1. The van der Waals surface area contributed by atoms with E-state index in [9.17, 15) is 4.79 Å². The number of pyridine rings is 1. The molecule has 140 valence electrons. The second-order valence-corrected chi connectivity index (χ2v) is 7.15. The number of anilines is 1. The fourth-order valence-corrected chi connectivity index (χ4v) is 4.02. The van der Waals surface area contributed by atoms with Gasteiger partial charge < -0.3 is 21.4 Å². The Bertz CT molecular complexity index is 762. The minimum Gasteiger partial charge on any atom is -0.370 e. The first-order chi connectivity index (χ1) is 12.6. The van der Waals surface area contributed by atoms with Crippen molar-refractivity contribution in [3.8, 4) is 0 Å². The minimum absolute atomic E-state index is 0.0352. The predicted octanol–water partition coefficient (Wildman–Crippen LogP) is 2.96. The monoisotopic (exact) mass is 356 g/mol. The van der Waals surface area contributed by atoms with Crippen LogP contribution in [0.4, 0.5) is 5.69 Å². The summed E-state index contributed by atoms with van der Waals surface area (Å²) >= 11 is 0. The van der Waals surface area contributed by atoms with Crippen LogP contribution in [0.5, 0.6) is 0 Å². The standard InChI is InChI=1S/C19H28N6O/c1-2-3-15(25-19(20)21)12-4-6-13(7-5-12)18(26)24-16-9-11-23-17-14(16)8-10-22-17/h8-13,15H,2-7H2,1H3,(H4,20,21,25)(H2,22,23,24,26)/t12-,13-,15?. The molecule has 0 aromatic carbocycles. The van der Waals surface area contributed by atoms with Gasteiger partial charge in [-0.1, -0.05) is 13.3 Å². The Morgan fingerprint density at radius 1 is 1.38 bits per heavy atom. The SMILES string of the molecule is CCCC(NC(=N)N)[C@H]1CC[C@H](C(=O)Nc2ccnc3[nH]ccc23)CC1. The third kappa shape index (κ3) is 4.15. The smallest absolute Gasteiger partial charge is 0.227 e. The summed E-state index contributed by atoms with van der Waals surface area (Å²) in [5, 5.41) is 14.6. The molecule has 26 heavy (non-hydrogen) atoms. The molecule has 1 unspecified atom stereocenters. The van der Waals surface area contributed by atoms with Crippen LogP contribution in [0.1, 0.15) is 45.4 Å². The van der Waals surface area contributed by atoms with Gasteiger partial charge in [-0.2, -0.15) is 0 Å². The highest BCUT2D eigenvalue weighted by Gasteiger charge is 2.30. The van der Waals surface area contributed by atoms with Crippen LogP contribution in [0, 0.1) is 17.2 Å². The van der Waals surface area contributed by atoms with Crippen molar-refractivity contribution in [2.24, 2.45) is 17.6 Å². The maximum Gasteiger partial charge on any atom is 0.227 e. The van der Waals surface area contributed by atoms with E-state index in [-0.39, 0.29) is 23.8 Å². The molecule has 1 atom stereocenters. The summed E-state index contributed by atoms with van der Waals surface area (Å²) in [4.78, 5) is 20.0. The highest BCUT2D eigenvalue weighted by molar-refractivity contribution is 6.00. The molecule has 2 aromatic heterocycles. The van der Waals surface area contributed by atoms with Crippen LogP contribution in [0.15, 0.2) is 24.5 Å². The van der Waals surface area contributed by atoms with Crippen LogP contribution >= 0.6 is 0 Å². The van der Waals surface area contributed by atoms with E-state index < -0.39 is 0 Å². The number of rotatable bonds is 6. The molecule has 0 aliphatic heterocycles. The van der Waals surface area contributed by atoms with Gasteiger partial charge >= 0.3 is 0 Å². The molecule has 0 spiro atoms. The molecule has 0 saturated heterocycles. The van der Waals surface area contributed by atoms with Gasteiger partial charge in [0.05, 0.1) is 5.69 Å². The Hall–Kier alpha value is -2.57. The average molecular weight is 356 g/mol. The molecule has 7 heteroatoms. The topological polar surface area (TPSA) is 120 Å². The summed E-state index contributed by atoms with van der Waals surface area (Å²) in [6, 6.07) is 4.01. The lowest BCUT2D eigenvalue weighted by atomic mass is 9.77. The molecule has 1 fully saturated rings. The third-order valence-corrected chi connectivity index (χ3v) is 5.37. The number of carbonyl (C=O) groups is 1. The molecule has 3 rings (SSSR count). The summed E-state index contributed by atoms with van der Waals surface area (Å²) in [5.41, 5.74) is 7.12. The fraction of sp³-hybridized carbons (Fsp3) is 0.526. The number of nitrogens with two attached hydrogens (primary N) is 1. The van der Waals surface area contributed by atoms with Crippen molar-refractivity contribution in [2.75, 3.05) is 5.32 Å². The Labute approximate surface area is 153 Å². The van der Waals surface area contributed by atoms with E-state index >= 15 is 0 Å². The Morgan fingerprint density at radius 3 is 2.85 bits per heavy atom. The van der Waals surface area contributed by atoms with Gasteiger partial charge in [-0.3, -0.25) is 10.2 Å². The van der Waals surface area contributed by atoms with Crippen LogP contribution in [-0.2, 0) is 4.79 Å². The number of guanidine groups is 1. The lowest BCUT2D eigenvalue weighted by molar-refractivity contribution is -0.121. The number of fused-ring (bicyclic) bond motifs is 1. The van der Waals surface area contributed by atoms with Gasteiger partial charge in [-0.05, 0) is 50.2 Å². The summed E-state index contributed by atoms with van der Waals surface area (Å²) < 4.78 is 0. The van der Waals surface area contributed by atoms with E-state index in [2.05, 4.69) is 27.5 Å². The zero-order valence-electron chi connectivity index (χ0n) is 15.2. The quantitative estimate of drug-likeness (QED) is 0.404. The van der Waals surface area contributed by atoms with Gasteiger partial charge in [0.25, 0.3) is 0 Å². The van der Waals surface area contributed by atoms with E-state index in [0.717, 1.165) is 55.2 Å². The lowest BCUT2D eigenvalue weighted by Crippen LogP contribution is -2.45. The molecule has 2 aromatic rings. The Kier molecular flexibility index (Phi) is 5.75. The molecule has 0 bridgehead atoms. The molecule has 1 amide bonds. The number of hydrogen-bond donors (Lipinski definition) is 5. The maximum absolute atomic E-state index is 12.7. The zero-order valence-corrected chi connectivity index (χ0v) is 15.2. The highest BCUT2D eigenvalue weighted by Crippen LogP contribution is 2.33. The molecular weight excluding hydrogens is 328 g/mol. The zero-order chi connectivity index (χ0) is 18.5. The summed E-state index contributed by atoms with van der Waals surface area (Å²) in [5.74, 6) is 0.633. The maximum atomic E-state index is 12.7. The first-order valence-electron chi connectivity index (χ1n) is 9.42. The summed E-state index contributed by atoms with van der Waals surface area (Å²) in [7, 11) is 0. The highest BCUT2D eigenvalue weighted by atomic mass is 16.1. The molecule has 1 aliphatic carbocycles. The molecule has 1 aliphatic rings. The Morgan fingerprint density at radius 2 is 2.15 bits per heavy atom. The predicted molar refractivity (Wildman–Crippen MR) is 104 cm³/mol. The average Bonchev–Trinajstić information content (AvgIpc) is 3.11. The second-order valence-electron chi connectivity index (χ2n) is 7.15. The number of nitrogens with one attached hydrogen (secondary N) is 4. The number of H-pyrrole nitrogens is 1. The van der Waals surface area contributed by atoms with Crippen LogP contribution in [0.2, 0.25) is 0 Å². The van der Waals surface area contributed by atoms with Gasteiger partial charge in [0.1, 0.15) is 5.65 Å². The van der Waals surface area contributed by atoms with Crippen molar-refractivity contribution in [3.05, 3.63) is 24.5 Å². The van der Waals surface area contributed by atoms with Crippen LogP contribution < -0.4 is 16.4 Å². The van der Waals surface area contributed by atoms with Crippen molar-refractivity contribution in [3.63, 3.8) is 0 Å². The normalized spacial score (nSPS) is 21.3. The number of amides is 1. The molecule has 2 heterocycles. The molecule has 6 N–H and O–H groups in total. The number of hydrogen-bond acceptors (Lipinski definition) is 3. The minimum atomic E-state index is 0.0352. The van der Waals surface area contributed by atoms with Gasteiger partial charge in [-0.15, -0.1) is 0 Å². The third-order valence-electron chi connectivity index (χ3n) is 5.37.